The van der Waals surface area contributed by atoms with Crippen LogP contribution in [-0.4, -0.2) is 41.1 Å². The molecular weight excluding hydrogens is 400 g/mol. The van der Waals surface area contributed by atoms with Crippen LogP contribution < -0.4 is 5.32 Å². The molecule has 2 N–H and O–H groups in total. The first-order valence-electron chi connectivity index (χ1n) is 6.97. The van der Waals surface area contributed by atoms with Gasteiger partial charge in [-0.1, -0.05) is 0 Å². The Morgan fingerprint density at radius 3 is 2.62 bits per heavy atom. The molecular formula is C15H20Br2N2O2. The average Bonchev–Trinajstić information content (AvgIpc) is 2.32. The van der Waals surface area contributed by atoms with Gasteiger partial charge in [-0.05, 0) is 82.8 Å². The summed E-state index contributed by atoms with van der Waals surface area (Å²) in [6.07, 6.45) is 1.71. The number of benzene rings is 1. The van der Waals surface area contributed by atoms with E-state index in [4.69, 9.17) is 0 Å². The molecule has 1 aromatic carbocycles. The molecule has 1 amide bonds. The van der Waals surface area contributed by atoms with Gasteiger partial charge in [0.15, 0.2) is 0 Å². The first kappa shape index (κ1) is 16.9. The van der Waals surface area contributed by atoms with Crippen LogP contribution in [0.2, 0.25) is 0 Å². The molecule has 1 atom stereocenters. The van der Waals surface area contributed by atoms with Crippen LogP contribution in [0, 0.1) is 6.92 Å². The maximum Gasteiger partial charge on any atom is 0.238 e. The third-order valence-electron chi connectivity index (χ3n) is 3.57. The zero-order chi connectivity index (χ0) is 15.6. The summed E-state index contributed by atoms with van der Waals surface area (Å²) in [4.78, 5) is 14.2. The Morgan fingerprint density at radius 1 is 1.43 bits per heavy atom. The van der Waals surface area contributed by atoms with Gasteiger partial charge in [-0.2, -0.15) is 0 Å². The predicted octanol–water partition coefficient (Wildman–Crippen LogP) is 3.31. The van der Waals surface area contributed by atoms with Crippen molar-refractivity contribution in [2.75, 3.05) is 25.0 Å². The summed E-state index contributed by atoms with van der Waals surface area (Å²) in [7, 11) is 0. The Kier molecular flexibility index (Phi) is 5.46. The molecule has 1 saturated heterocycles. The highest BCUT2D eigenvalue weighted by atomic mass is 79.9. The number of anilines is 1. The van der Waals surface area contributed by atoms with Crippen molar-refractivity contribution in [2.45, 2.75) is 32.3 Å². The fourth-order valence-electron chi connectivity index (χ4n) is 2.66. The molecule has 0 bridgehead atoms. The minimum absolute atomic E-state index is 0.0713. The lowest BCUT2D eigenvalue weighted by atomic mass is 9.95. The summed E-state index contributed by atoms with van der Waals surface area (Å²) >= 11 is 6.94. The average molecular weight is 420 g/mol. The Labute approximate surface area is 142 Å². The highest BCUT2D eigenvalue weighted by molar-refractivity contribution is 9.11. The summed E-state index contributed by atoms with van der Waals surface area (Å²) in [5.74, 6) is -0.0713. The smallest absolute Gasteiger partial charge is 0.238 e. The Balaban J connectivity index is 1.99. The highest BCUT2D eigenvalue weighted by Gasteiger charge is 2.29. The molecule has 116 valence electrons. The van der Waals surface area contributed by atoms with Gasteiger partial charge in [0.05, 0.1) is 17.8 Å². The fourth-order valence-corrected chi connectivity index (χ4v) is 4.27. The summed E-state index contributed by atoms with van der Waals surface area (Å²) in [5.41, 5.74) is 1.16. The number of carbonyl (C=O) groups excluding carboxylic acids is 1. The van der Waals surface area contributed by atoms with E-state index < -0.39 is 5.60 Å². The van der Waals surface area contributed by atoms with Gasteiger partial charge in [-0.25, -0.2) is 0 Å². The van der Waals surface area contributed by atoms with Gasteiger partial charge in [0.25, 0.3) is 0 Å². The zero-order valence-electron chi connectivity index (χ0n) is 12.2. The number of amides is 1. The lowest BCUT2D eigenvalue weighted by molar-refractivity contribution is -0.118. The molecule has 1 unspecified atom stereocenters. The molecule has 1 aromatic rings. The van der Waals surface area contributed by atoms with Crippen LogP contribution in [0.3, 0.4) is 0 Å². The molecule has 1 aliphatic rings. The molecule has 1 fully saturated rings. The lowest BCUT2D eigenvalue weighted by Crippen LogP contribution is -2.48. The first-order chi connectivity index (χ1) is 9.77. The maximum absolute atomic E-state index is 12.2. The number of likely N-dealkylation sites (tertiary alicyclic amines) is 1. The van der Waals surface area contributed by atoms with Gasteiger partial charge >= 0.3 is 0 Å². The van der Waals surface area contributed by atoms with Gasteiger partial charge < -0.3 is 10.4 Å². The Bertz CT molecular complexity index is 523. The normalized spacial score (nSPS) is 23.1. The van der Waals surface area contributed by atoms with E-state index in [1.54, 1.807) is 0 Å². The molecule has 4 nitrogen and oxygen atoms in total. The molecule has 0 aromatic heterocycles. The van der Waals surface area contributed by atoms with Crippen LogP contribution in [0.1, 0.15) is 25.3 Å². The van der Waals surface area contributed by atoms with Crippen LogP contribution in [0.5, 0.6) is 0 Å². The van der Waals surface area contributed by atoms with Crippen molar-refractivity contribution in [3.8, 4) is 0 Å². The van der Waals surface area contributed by atoms with E-state index in [2.05, 4.69) is 37.2 Å². The fraction of sp³-hybridized carbons (Fsp3) is 0.533. The van der Waals surface area contributed by atoms with Crippen molar-refractivity contribution in [1.29, 1.82) is 0 Å². The molecule has 0 saturated carbocycles. The number of halogens is 2. The molecule has 0 spiro atoms. The zero-order valence-corrected chi connectivity index (χ0v) is 15.4. The number of piperidine rings is 1. The number of nitrogens with zero attached hydrogens (tertiary/aromatic N) is 1. The van der Waals surface area contributed by atoms with Crippen LogP contribution in [0.25, 0.3) is 0 Å². The third-order valence-corrected chi connectivity index (χ3v) is 4.82. The minimum atomic E-state index is -0.691. The summed E-state index contributed by atoms with van der Waals surface area (Å²) in [6, 6.07) is 3.93. The SMILES string of the molecule is Cc1cc(Br)c(NC(=O)CN2CCCC(C)(O)C2)c(Br)c1. The summed E-state index contributed by atoms with van der Waals surface area (Å²) < 4.78 is 1.71. The second-order valence-electron chi connectivity index (χ2n) is 5.96. The van der Waals surface area contributed by atoms with Gasteiger partial charge in [-0.3, -0.25) is 9.69 Å². The quantitative estimate of drug-likeness (QED) is 0.790. The molecule has 6 heteroatoms. The molecule has 0 aliphatic carbocycles. The van der Waals surface area contributed by atoms with E-state index in [0.717, 1.165) is 39.6 Å². The van der Waals surface area contributed by atoms with Crippen molar-refractivity contribution in [3.05, 3.63) is 26.6 Å². The standard InChI is InChI=1S/C15H20Br2N2O2/c1-10-6-11(16)14(12(17)7-10)18-13(20)8-19-5-3-4-15(2,21)9-19/h6-7,21H,3-5,8-9H2,1-2H3,(H,18,20). The molecule has 21 heavy (non-hydrogen) atoms. The van der Waals surface area contributed by atoms with Gasteiger partial charge in [0, 0.05) is 15.5 Å². The molecule has 2 rings (SSSR count). The third kappa shape index (κ3) is 4.77. The molecule has 0 radical (unpaired) electrons. The maximum atomic E-state index is 12.2. The van der Waals surface area contributed by atoms with E-state index in [0.29, 0.717) is 13.1 Å². The van der Waals surface area contributed by atoms with Crippen LogP contribution in [0.15, 0.2) is 21.1 Å². The molecule has 1 heterocycles. The van der Waals surface area contributed by atoms with E-state index in [9.17, 15) is 9.90 Å². The number of β-amino-alcohol motifs (C(OH)–C–C–N with tert-alkyl or cyclic N) is 1. The van der Waals surface area contributed by atoms with Crippen molar-refractivity contribution in [2.24, 2.45) is 0 Å². The van der Waals surface area contributed by atoms with E-state index in [-0.39, 0.29) is 5.91 Å². The van der Waals surface area contributed by atoms with Crippen molar-refractivity contribution >= 4 is 43.5 Å². The predicted molar refractivity (Wildman–Crippen MR) is 91.5 cm³/mol. The lowest BCUT2D eigenvalue weighted by Gasteiger charge is -2.36. The van der Waals surface area contributed by atoms with Crippen LogP contribution in [-0.2, 0) is 4.79 Å². The second-order valence-corrected chi connectivity index (χ2v) is 7.67. The summed E-state index contributed by atoms with van der Waals surface area (Å²) in [5, 5.41) is 13.0. The monoisotopic (exact) mass is 418 g/mol. The number of aliphatic hydroxyl groups is 1. The first-order valence-corrected chi connectivity index (χ1v) is 8.56. The van der Waals surface area contributed by atoms with E-state index in [1.165, 1.54) is 0 Å². The number of rotatable bonds is 3. The van der Waals surface area contributed by atoms with E-state index in [1.807, 2.05) is 30.9 Å². The van der Waals surface area contributed by atoms with Crippen molar-refractivity contribution in [3.63, 3.8) is 0 Å². The largest absolute Gasteiger partial charge is 0.389 e. The summed E-state index contributed by atoms with van der Waals surface area (Å²) in [6.45, 7) is 5.50. The molecule has 1 aliphatic heterocycles. The van der Waals surface area contributed by atoms with Gasteiger partial charge in [-0.15, -0.1) is 0 Å². The van der Waals surface area contributed by atoms with Crippen molar-refractivity contribution < 1.29 is 9.90 Å². The van der Waals surface area contributed by atoms with Gasteiger partial charge in [0.2, 0.25) is 5.91 Å². The van der Waals surface area contributed by atoms with Crippen molar-refractivity contribution in [1.82, 2.24) is 4.90 Å². The highest BCUT2D eigenvalue weighted by Crippen LogP contribution is 2.32. The number of aryl methyl sites for hydroxylation is 1. The van der Waals surface area contributed by atoms with Crippen LogP contribution in [0.4, 0.5) is 5.69 Å². The number of nitrogens with one attached hydrogen (secondary N) is 1. The minimum Gasteiger partial charge on any atom is -0.389 e. The number of hydrogen-bond acceptors (Lipinski definition) is 3. The Morgan fingerprint density at radius 2 is 2.05 bits per heavy atom. The number of carbonyl (C=O) groups is 1. The van der Waals surface area contributed by atoms with Crippen LogP contribution >= 0.6 is 31.9 Å². The Hall–Kier alpha value is -0.430. The number of hydrogen-bond donors (Lipinski definition) is 2. The topological polar surface area (TPSA) is 52.6 Å². The van der Waals surface area contributed by atoms with E-state index >= 15 is 0 Å². The second kappa shape index (κ2) is 6.77. The van der Waals surface area contributed by atoms with Gasteiger partial charge in [0.1, 0.15) is 0 Å².